The van der Waals surface area contributed by atoms with Gasteiger partial charge in [0.2, 0.25) is 0 Å². The minimum absolute atomic E-state index is 0.476. The van der Waals surface area contributed by atoms with Gasteiger partial charge in [-0.1, -0.05) is 26.7 Å². The van der Waals surface area contributed by atoms with E-state index in [0.717, 1.165) is 0 Å². The fraction of sp³-hybridized carbons (Fsp3) is 1.00. The molecule has 69 valence electrons. The summed E-state index contributed by atoms with van der Waals surface area (Å²) in [6, 6.07) is 0. The molecule has 0 aliphatic heterocycles. The number of hydrogen-bond donors (Lipinski definition) is 0. The van der Waals surface area contributed by atoms with Gasteiger partial charge in [-0.25, -0.2) is 0 Å². The van der Waals surface area contributed by atoms with Crippen LogP contribution in [-0.4, -0.2) is 25.7 Å². The standard InChI is InChI=1S/C10H24P/c1-5-7-9-11(3,4)10-8-6-2/h5-10H2,1-4H3. The molecule has 0 nitrogen and oxygen atoms in total. The Kier molecular flexibility index (Phi) is 6.24. The van der Waals surface area contributed by atoms with E-state index in [9.17, 15) is 0 Å². The average Bonchev–Trinajstić information content (AvgIpc) is 1.97. The summed E-state index contributed by atoms with van der Waals surface area (Å²) in [5.41, 5.74) is 0. The van der Waals surface area contributed by atoms with Gasteiger partial charge in [0.1, 0.15) is 0 Å². The van der Waals surface area contributed by atoms with Crippen molar-refractivity contribution in [3.05, 3.63) is 0 Å². The van der Waals surface area contributed by atoms with Crippen LogP contribution in [0.3, 0.4) is 0 Å². The molecule has 1 heteroatoms. The Morgan fingerprint density at radius 3 is 1.45 bits per heavy atom. The Morgan fingerprint density at radius 1 is 0.818 bits per heavy atom. The molecule has 0 spiro atoms. The Bertz CT molecular complexity index is 76.9. The van der Waals surface area contributed by atoms with E-state index in [0.29, 0.717) is 0 Å². The van der Waals surface area contributed by atoms with E-state index in [1.165, 1.54) is 38.0 Å². The van der Waals surface area contributed by atoms with Crippen LogP contribution in [-0.2, 0) is 0 Å². The first-order valence-corrected chi connectivity index (χ1v) is 7.99. The number of rotatable bonds is 6. The molecule has 0 amide bonds. The third-order valence-corrected chi connectivity index (χ3v) is 5.29. The monoisotopic (exact) mass is 175 g/mol. The van der Waals surface area contributed by atoms with Crippen molar-refractivity contribution in [2.75, 3.05) is 25.7 Å². The molecule has 0 aliphatic rings. The lowest BCUT2D eigenvalue weighted by Crippen LogP contribution is -2.00. The second kappa shape index (κ2) is 6.00. The minimum Gasteiger partial charge on any atom is -0.131 e. The normalized spacial score (nSPS) is 12.0. The molecule has 1 radical (unpaired) electrons. The Hall–Kier alpha value is 0.430. The Balaban J connectivity index is 3.43. The van der Waals surface area contributed by atoms with Crippen LogP contribution < -0.4 is 0 Å². The minimum atomic E-state index is -0.476. The molecule has 0 atom stereocenters. The fourth-order valence-corrected chi connectivity index (χ4v) is 3.85. The van der Waals surface area contributed by atoms with E-state index in [1.807, 2.05) is 0 Å². The molecule has 0 aromatic rings. The molecule has 0 rings (SSSR count). The third kappa shape index (κ3) is 6.81. The van der Waals surface area contributed by atoms with Gasteiger partial charge in [0, 0.05) is 0 Å². The highest BCUT2D eigenvalue weighted by Gasteiger charge is 2.12. The molecule has 0 fully saturated rings. The average molecular weight is 175 g/mol. The van der Waals surface area contributed by atoms with E-state index in [-0.39, 0.29) is 0 Å². The highest BCUT2D eigenvalue weighted by molar-refractivity contribution is 7.74. The molecule has 0 aromatic heterocycles. The number of unbranched alkanes of at least 4 members (excludes halogenated alkanes) is 2. The van der Waals surface area contributed by atoms with Crippen molar-refractivity contribution in [3.63, 3.8) is 0 Å². The van der Waals surface area contributed by atoms with Crippen LogP contribution in [0.5, 0.6) is 0 Å². The maximum absolute atomic E-state index is 2.51. The molecular formula is C10H24P. The zero-order valence-corrected chi connectivity index (χ0v) is 9.58. The molecular weight excluding hydrogens is 151 g/mol. The van der Waals surface area contributed by atoms with Crippen LogP contribution in [0.4, 0.5) is 0 Å². The third-order valence-electron chi connectivity index (χ3n) is 2.23. The van der Waals surface area contributed by atoms with Gasteiger partial charge in [-0.15, -0.1) is 7.26 Å². The van der Waals surface area contributed by atoms with Crippen molar-refractivity contribution in [2.24, 2.45) is 0 Å². The summed E-state index contributed by atoms with van der Waals surface area (Å²) in [5, 5.41) is 0. The predicted octanol–water partition coefficient (Wildman–Crippen LogP) is 3.86. The van der Waals surface area contributed by atoms with Gasteiger partial charge in [-0.3, -0.25) is 0 Å². The quantitative estimate of drug-likeness (QED) is 0.538. The molecule has 0 aromatic carbocycles. The summed E-state index contributed by atoms with van der Waals surface area (Å²) in [6.45, 7) is 9.61. The zero-order valence-electron chi connectivity index (χ0n) is 8.69. The van der Waals surface area contributed by atoms with Crippen molar-refractivity contribution in [1.82, 2.24) is 0 Å². The maximum Gasteiger partial charge on any atom is -0.0364 e. The summed E-state index contributed by atoms with van der Waals surface area (Å²) in [4.78, 5) is 0. The smallest absolute Gasteiger partial charge is 0.0364 e. The van der Waals surface area contributed by atoms with Crippen LogP contribution in [0.2, 0.25) is 0 Å². The fourth-order valence-electron chi connectivity index (χ4n) is 1.28. The summed E-state index contributed by atoms with van der Waals surface area (Å²) in [6.07, 6.45) is 8.67. The van der Waals surface area contributed by atoms with Gasteiger partial charge >= 0.3 is 0 Å². The summed E-state index contributed by atoms with van der Waals surface area (Å²) >= 11 is 0. The van der Waals surface area contributed by atoms with Crippen molar-refractivity contribution in [2.45, 2.75) is 39.5 Å². The molecule has 0 unspecified atom stereocenters. The van der Waals surface area contributed by atoms with Crippen molar-refractivity contribution < 1.29 is 0 Å². The lowest BCUT2D eigenvalue weighted by atomic mass is 10.4. The molecule has 0 N–H and O–H groups in total. The summed E-state index contributed by atoms with van der Waals surface area (Å²) in [7, 11) is -0.476. The van der Waals surface area contributed by atoms with Crippen LogP contribution in [0.1, 0.15) is 39.5 Å². The zero-order chi connectivity index (χ0) is 8.74. The lowest BCUT2D eigenvalue weighted by Gasteiger charge is -2.26. The van der Waals surface area contributed by atoms with E-state index in [4.69, 9.17) is 0 Å². The molecule has 0 aliphatic carbocycles. The Labute approximate surface area is 73.1 Å². The van der Waals surface area contributed by atoms with Crippen LogP contribution >= 0.6 is 7.26 Å². The molecule has 0 saturated heterocycles. The highest BCUT2D eigenvalue weighted by atomic mass is 31.2. The first kappa shape index (κ1) is 11.4. The molecule has 0 bridgehead atoms. The van der Waals surface area contributed by atoms with E-state index < -0.39 is 7.26 Å². The van der Waals surface area contributed by atoms with Crippen molar-refractivity contribution >= 4 is 7.26 Å². The number of hydrogen-bond acceptors (Lipinski definition) is 0. The molecule has 0 heterocycles. The summed E-state index contributed by atoms with van der Waals surface area (Å²) < 4.78 is 0. The SMILES string of the molecule is CCCC[P](C)(C)CCCC. The van der Waals surface area contributed by atoms with E-state index >= 15 is 0 Å². The van der Waals surface area contributed by atoms with Gasteiger partial charge in [-0.2, -0.15) is 0 Å². The second-order valence-corrected chi connectivity index (χ2v) is 8.86. The van der Waals surface area contributed by atoms with E-state index in [2.05, 4.69) is 27.2 Å². The van der Waals surface area contributed by atoms with Crippen molar-refractivity contribution in [1.29, 1.82) is 0 Å². The predicted molar refractivity (Wildman–Crippen MR) is 58.3 cm³/mol. The lowest BCUT2D eigenvalue weighted by molar-refractivity contribution is 0.863. The van der Waals surface area contributed by atoms with E-state index in [1.54, 1.807) is 0 Å². The first-order chi connectivity index (χ1) is 5.12. The maximum atomic E-state index is 2.51. The Morgan fingerprint density at radius 2 is 1.18 bits per heavy atom. The first-order valence-electron chi connectivity index (χ1n) is 4.94. The van der Waals surface area contributed by atoms with Crippen LogP contribution in [0.25, 0.3) is 0 Å². The van der Waals surface area contributed by atoms with Gasteiger partial charge in [0.15, 0.2) is 0 Å². The van der Waals surface area contributed by atoms with Crippen LogP contribution in [0.15, 0.2) is 0 Å². The van der Waals surface area contributed by atoms with Gasteiger partial charge in [0.05, 0.1) is 0 Å². The second-order valence-electron chi connectivity index (χ2n) is 4.09. The van der Waals surface area contributed by atoms with Gasteiger partial charge in [-0.05, 0) is 38.5 Å². The van der Waals surface area contributed by atoms with Gasteiger partial charge < -0.3 is 0 Å². The van der Waals surface area contributed by atoms with Crippen LogP contribution in [0, 0.1) is 0 Å². The topological polar surface area (TPSA) is 0 Å². The molecule has 11 heavy (non-hydrogen) atoms. The largest absolute Gasteiger partial charge is 0.131 e. The molecule has 0 saturated carbocycles. The van der Waals surface area contributed by atoms with Gasteiger partial charge in [0.25, 0.3) is 0 Å². The van der Waals surface area contributed by atoms with Crippen molar-refractivity contribution in [3.8, 4) is 0 Å². The summed E-state index contributed by atoms with van der Waals surface area (Å²) in [5.74, 6) is 0. The highest BCUT2D eigenvalue weighted by Crippen LogP contribution is 2.52.